The van der Waals surface area contributed by atoms with Crippen molar-refractivity contribution in [3.63, 3.8) is 0 Å². The molecule has 1 aromatic rings. The van der Waals surface area contributed by atoms with Crippen LogP contribution in [0.1, 0.15) is 6.92 Å². The second kappa shape index (κ2) is 3.72. The Bertz CT molecular complexity index is 298. The maximum atomic E-state index is 11.0. The molecule has 0 unspecified atom stereocenters. The molecule has 3 heteroatoms. The Hall–Kier alpha value is -0.830. The number of amides is 1. The Morgan fingerprint density at radius 3 is 2.67 bits per heavy atom. The lowest BCUT2D eigenvalue weighted by Crippen LogP contribution is -2.22. The summed E-state index contributed by atoms with van der Waals surface area (Å²) < 4.78 is 0.980. The quantitative estimate of drug-likeness (QED) is 0.722. The maximum absolute atomic E-state index is 11.0. The molecule has 0 saturated heterocycles. The summed E-state index contributed by atoms with van der Waals surface area (Å²) in [6.07, 6.45) is 0. The van der Waals surface area contributed by atoms with Gasteiger partial charge in [-0.3, -0.25) is 4.79 Å². The topological polar surface area (TPSA) is 20.3 Å². The number of hydrogen-bond acceptors (Lipinski definition) is 1. The van der Waals surface area contributed by atoms with Crippen LogP contribution in [0.4, 0.5) is 5.69 Å². The van der Waals surface area contributed by atoms with E-state index in [0.29, 0.717) is 0 Å². The van der Waals surface area contributed by atoms with E-state index in [1.165, 1.54) is 0 Å². The van der Waals surface area contributed by atoms with E-state index >= 15 is 0 Å². The Balaban J connectivity index is 2.95. The van der Waals surface area contributed by atoms with Crippen LogP contribution in [0.15, 0.2) is 28.7 Å². The molecule has 0 spiro atoms. The Labute approximate surface area is 80.3 Å². The van der Waals surface area contributed by atoms with Gasteiger partial charge in [-0.2, -0.15) is 0 Å². The van der Waals surface area contributed by atoms with Crippen molar-refractivity contribution in [2.24, 2.45) is 0 Å². The molecule has 0 aliphatic heterocycles. The van der Waals surface area contributed by atoms with Crippen molar-refractivity contribution in [2.75, 3.05) is 11.9 Å². The highest BCUT2D eigenvalue weighted by atomic mass is 79.9. The van der Waals surface area contributed by atoms with Crippen LogP contribution in [0, 0.1) is 0 Å². The van der Waals surface area contributed by atoms with Crippen molar-refractivity contribution in [3.05, 3.63) is 28.7 Å². The molecule has 1 amide bonds. The standard InChI is InChI=1S/C9H10BrNO/c1-7(12)11(2)9-5-3-4-8(10)6-9/h3-6H,1-2H3. The van der Waals surface area contributed by atoms with Gasteiger partial charge in [-0.1, -0.05) is 22.0 Å². The molecule has 0 saturated carbocycles. The van der Waals surface area contributed by atoms with Crippen molar-refractivity contribution in [1.29, 1.82) is 0 Å². The smallest absolute Gasteiger partial charge is 0.223 e. The minimum atomic E-state index is 0.0353. The average molecular weight is 228 g/mol. The van der Waals surface area contributed by atoms with Crippen LogP contribution in [-0.2, 0) is 4.79 Å². The van der Waals surface area contributed by atoms with E-state index in [-0.39, 0.29) is 5.91 Å². The van der Waals surface area contributed by atoms with Crippen molar-refractivity contribution in [3.8, 4) is 0 Å². The lowest BCUT2D eigenvalue weighted by Gasteiger charge is -2.14. The molecular formula is C9H10BrNO. The summed E-state index contributed by atoms with van der Waals surface area (Å²) in [6, 6.07) is 7.63. The summed E-state index contributed by atoms with van der Waals surface area (Å²) in [7, 11) is 1.75. The molecular weight excluding hydrogens is 218 g/mol. The monoisotopic (exact) mass is 227 g/mol. The third kappa shape index (κ3) is 2.08. The summed E-state index contributed by atoms with van der Waals surface area (Å²) in [5.74, 6) is 0.0353. The highest BCUT2D eigenvalue weighted by Crippen LogP contribution is 2.18. The van der Waals surface area contributed by atoms with Crippen LogP contribution in [0.5, 0.6) is 0 Å². The van der Waals surface area contributed by atoms with Crippen molar-refractivity contribution >= 4 is 27.5 Å². The SMILES string of the molecule is CC(=O)N(C)c1cccc(Br)c1. The van der Waals surface area contributed by atoms with Gasteiger partial charge in [-0.15, -0.1) is 0 Å². The predicted molar refractivity (Wildman–Crippen MR) is 53.2 cm³/mol. The minimum Gasteiger partial charge on any atom is -0.316 e. The maximum Gasteiger partial charge on any atom is 0.223 e. The molecule has 0 aliphatic carbocycles. The molecule has 1 rings (SSSR count). The first kappa shape index (κ1) is 9.26. The summed E-state index contributed by atoms with van der Waals surface area (Å²) in [6.45, 7) is 1.54. The van der Waals surface area contributed by atoms with Gasteiger partial charge in [0.05, 0.1) is 0 Å². The molecule has 0 bridgehead atoms. The number of anilines is 1. The first-order chi connectivity index (χ1) is 5.61. The first-order valence-corrected chi connectivity index (χ1v) is 4.40. The fourth-order valence-corrected chi connectivity index (χ4v) is 1.25. The number of benzene rings is 1. The van der Waals surface area contributed by atoms with Gasteiger partial charge in [-0.05, 0) is 18.2 Å². The minimum absolute atomic E-state index is 0.0353. The number of carbonyl (C=O) groups is 1. The molecule has 1 aromatic carbocycles. The molecule has 2 nitrogen and oxygen atoms in total. The van der Waals surface area contributed by atoms with Gasteiger partial charge in [0.15, 0.2) is 0 Å². The summed E-state index contributed by atoms with van der Waals surface area (Å²) in [5.41, 5.74) is 0.900. The summed E-state index contributed by atoms with van der Waals surface area (Å²) >= 11 is 3.34. The molecule has 64 valence electrons. The second-order valence-corrected chi connectivity index (χ2v) is 3.47. The number of hydrogen-bond donors (Lipinski definition) is 0. The van der Waals surface area contributed by atoms with Gasteiger partial charge >= 0.3 is 0 Å². The van der Waals surface area contributed by atoms with E-state index in [2.05, 4.69) is 15.9 Å². The zero-order chi connectivity index (χ0) is 9.14. The van der Waals surface area contributed by atoms with Gasteiger partial charge in [0.2, 0.25) is 5.91 Å². The fourth-order valence-electron chi connectivity index (χ4n) is 0.867. The highest BCUT2D eigenvalue weighted by molar-refractivity contribution is 9.10. The van der Waals surface area contributed by atoms with Gasteiger partial charge in [0, 0.05) is 24.1 Å². The van der Waals surface area contributed by atoms with Crippen LogP contribution in [0.3, 0.4) is 0 Å². The normalized spacial score (nSPS) is 9.58. The Kier molecular flexibility index (Phi) is 2.87. The van der Waals surface area contributed by atoms with Crippen LogP contribution in [0.2, 0.25) is 0 Å². The van der Waals surface area contributed by atoms with Crippen LogP contribution < -0.4 is 4.90 Å². The largest absolute Gasteiger partial charge is 0.316 e. The van der Waals surface area contributed by atoms with Crippen molar-refractivity contribution in [2.45, 2.75) is 6.92 Å². The van der Waals surface area contributed by atoms with E-state index in [1.54, 1.807) is 18.9 Å². The molecule has 0 radical (unpaired) electrons. The molecule has 0 atom stereocenters. The fraction of sp³-hybridized carbons (Fsp3) is 0.222. The first-order valence-electron chi connectivity index (χ1n) is 3.61. The lowest BCUT2D eigenvalue weighted by atomic mass is 10.3. The molecule has 0 aromatic heterocycles. The molecule has 0 fully saturated rings. The van der Waals surface area contributed by atoms with Crippen LogP contribution in [0.25, 0.3) is 0 Å². The number of nitrogens with zero attached hydrogens (tertiary/aromatic N) is 1. The summed E-state index contributed by atoms with van der Waals surface area (Å²) in [5, 5.41) is 0. The van der Waals surface area contributed by atoms with Crippen LogP contribution in [-0.4, -0.2) is 13.0 Å². The van der Waals surface area contributed by atoms with E-state index in [1.807, 2.05) is 24.3 Å². The van der Waals surface area contributed by atoms with Gasteiger partial charge in [0.1, 0.15) is 0 Å². The van der Waals surface area contributed by atoms with Crippen LogP contribution >= 0.6 is 15.9 Å². The van der Waals surface area contributed by atoms with Gasteiger partial charge in [0.25, 0.3) is 0 Å². The zero-order valence-corrected chi connectivity index (χ0v) is 8.63. The molecule has 12 heavy (non-hydrogen) atoms. The number of carbonyl (C=O) groups excluding carboxylic acids is 1. The molecule has 0 aliphatic rings. The lowest BCUT2D eigenvalue weighted by molar-refractivity contribution is -0.116. The van der Waals surface area contributed by atoms with Crippen molar-refractivity contribution < 1.29 is 4.79 Å². The molecule has 0 N–H and O–H groups in total. The molecule has 0 heterocycles. The van der Waals surface area contributed by atoms with E-state index in [9.17, 15) is 4.79 Å². The number of rotatable bonds is 1. The van der Waals surface area contributed by atoms with Crippen molar-refractivity contribution in [1.82, 2.24) is 0 Å². The van der Waals surface area contributed by atoms with Gasteiger partial charge in [-0.25, -0.2) is 0 Å². The second-order valence-electron chi connectivity index (χ2n) is 2.56. The van der Waals surface area contributed by atoms with E-state index in [4.69, 9.17) is 0 Å². The van der Waals surface area contributed by atoms with Gasteiger partial charge < -0.3 is 4.90 Å². The highest BCUT2D eigenvalue weighted by Gasteiger charge is 2.04. The van der Waals surface area contributed by atoms with E-state index < -0.39 is 0 Å². The zero-order valence-electron chi connectivity index (χ0n) is 7.04. The summed E-state index contributed by atoms with van der Waals surface area (Å²) in [4.78, 5) is 12.6. The third-order valence-corrected chi connectivity index (χ3v) is 2.16. The Morgan fingerprint density at radius 1 is 1.50 bits per heavy atom. The average Bonchev–Trinajstić information content (AvgIpc) is 2.03. The number of halogens is 1. The van der Waals surface area contributed by atoms with E-state index in [0.717, 1.165) is 10.2 Å². The predicted octanol–water partition coefficient (Wildman–Crippen LogP) is 2.43. The Morgan fingerprint density at radius 2 is 2.17 bits per heavy atom. The third-order valence-electron chi connectivity index (χ3n) is 1.67.